The molecule has 0 fully saturated rings. The molecule has 0 amide bonds. The summed E-state index contributed by atoms with van der Waals surface area (Å²) in [4.78, 5) is 0. The summed E-state index contributed by atoms with van der Waals surface area (Å²) >= 11 is 0. The molecule has 0 aromatic rings. The van der Waals surface area contributed by atoms with E-state index in [9.17, 15) is 10.2 Å². The quantitative estimate of drug-likeness (QED) is 0.352. The molecule has 16 heavy (non-hydrogen) atoms. The van der Waals surface area contributed by atoms with Crippen LogP contribution in [0.4, 0.5) is 0 Å². The fourth-order valence-electron chi connectivity index (χ4n) is 1.49. The highest BCUT2D eigenvalue weighted by Crippen LogP contribution is 2.27. The van der Waals surface area contributed by atoms with E-state index >= 15 is 0 Å². The molecule has 3 atom stereocenters. The standard InChI is InChI=1S/C12H24BNO2/c1-5-7-11(3,13)10(15)9-14-12(4,16)8-6-2/h5-8,10,14-16H,9,13H2,1-4H3. The summed E-state index contributed by atoms with van der Waals surface area (Å²) in [5.41, 5.74) is -1.07. The topological polar surface area (TPSA) is 52.5 Å². The van der Waals surface area contributed by atoms with E-state index in [0.717, 1.165) is 0 Å². The minimum absolute atomic E-state index is 0.298. The van der Waals surface area contributed by atoms with Crippen LogP contribution in [0.15, 0.2) is 24.3 Å². The lowest BCUT2D eigenvalue weighted by Gasteiger charge is -2.30. The zero-order chi connectivity index (χ0) is 12.8. The maximum atomic E-state index is 9.99. The van der Waals surface area contributed by atoms with Gasteiger partial charge in [-0.15, -0.1) is 0 Å². The minimum Gasteiger partial charge on any atom is -0.392 e. The Morgan fingerprint density at radius 2 is 1.75 bits per heavy atom. The highest BCUT2D eigenvalue weighted by Gasteiger charge is 2.26. The Balaban J connectivity index is 4.32. The highest BCUT2D eigenvalue weighted by molar-refractivity contribution is 6.16. The number of aliphatic hydroxyl groups excluding tert-OH is 1. The zero-order valence-electron chi connectivity index (χ0n) is 11.0. The molecule has 0 aliphatic heterocycles. The first-order valence-electron chi connectivity index (χ1n) is 5.68. The van der Waals surface area contributed by atoms with Crippen LogP contribution in [0.25, 0.3) is 0 Å². The van der Waals surface area contributed by atoms with E-state index < -0.39 is 11.8 Å². The average Bonchev–Trinajstić information content (AvgIpc) is 2.14. The Labute approximate surface area is 99.7 Å². The summed E-state index contributed by atoms with van der Waals surface area (Å²) in [7, 11) is 1.96. The van der Waals surface area contributed by atoms with Crippen molar-refractivity contribution < 1.29 is 10.2 Å². The van der Waals surface area contributed by atoms with Gasteiger partial charge >= 0.3 is 0 Å². The second kappa shape index (κ2) is 6.23. The van der Waals surface area contributed by atoms with Crippen LogP contribution in [-0.4, -0.2) is 36.4 Å². The molecule has 0 spiro atoms. The SMILES string of the molecule is BC(C)(C=CC)C(O)CNC(C)(O)C=CC. The van der Waals surface area contributed by atoms with E-state index in [2.05, 4.69) is 5.32 Å². The van der Waals surface area contributed by atoms with Gasteiger partial charge in [-0.25, -0.2) is 0 Å². The van der Waals surface area contributed by atoms with Gasteiger partial charge in [0.05, 0.1) is 6.10 Å². The lowest BCUT2D eigenvalue weighted by molar-refractivity contribution is 0.0482. The number of hydrogen-bond donors (Lipinski definition) is 3. The first kappa shape index (κ1) is 15.4. The third kappa shape index (κ3) is 5.49. The van der Waals surface area contributed by atoms with E-state index in [1.165, 1.54) is 0 Å². The summed E-state index contributed by atoms with van der Waals surface area (Å²) in [5.74, 6) is 0. The van der Waals surface area contributed by atoms with Crippen LogP contribution in [0.5, 0.6) is 0 Å². The zero-order valence-corrected chi connectivity index (χ0v) is 11.0. The van der Waals surface area contributed by atoms with Crippen LogP contribution in [0.3, 0.4) is 0 Å². The third-order valence-corrected chi connectivity index (χ3v) is 2.60. The van der Waals surface area contributed by atoms with Crippen LogP contribution < -0.4 is 5.32 Å². The van der Waals surface area contributed by atoms with Crippen LogP contribution >= 0.6 is 0 Å². The Kier molecular flexibility index (Phi) is 6.01. The van der Waals surface area contributed by atoms with Gasteiger partial charge in [0.1, 0.15) is 13.6 Å². The first-order valence-corrected chi connectivity index (χ1v) is 5.68. The van der Waals surface area contributed by atoms with Gasteiger partial charge in [-0.1, -0.05) is 25.2 Å². The smallest absolute Gasteiger partial charge is 0.132 e. The fourth-order valence-corrected chi connectivity index (χ4v) is 1.49. The van der Waals surface area contributed by atoms with Crippen molar-refractivity contribution >= 4 is 7.85 Å². The summed E-state index contributed by atoms with van der Waals surface area (Å²) < 4.78 is 0. The average molecular weight is 225 g/mol. The molecule has 92 valence electrons. The lowest BCUT2D eigenvalue weighted by atomic mass is 9.66. The van der Waals surface area contributed by atoms with Crippen molar-refractivity contribution in [1.82, 2.24) is 5.32 Å². The molecular formula is C12H24BNO2. The van der Waals surface area contributed by atoms with E-state index in [1.54, 1.807) is 19.1 Å². The van der Waals surface area contributed by atoms with Crippen LogP contribution in [0, 0.1) is 0 Å². The van der Waals surface area contributed by atoms with Crippen LogP contribution in [0.2, 0.25) is 5.31 Å². The molecule has 0 radical (unpaired) electrons. The Morgan fingerprint density at radius 3 is 2.19 bits per heavy atom. The second-order valence-corrected chi connectivity index (χ2v) is 4.87. The number of aliphatic hydroxyl groups is 2. The van der Waals surface area contributed by atoms with Crippen molar-refractivity contribution in [2.75, 3.05) is 6.54 Å². The molecule has 4 heteroatoms. The van der Waals surface area contributed by atoms with Gasteiger partial charge < -0.3 is 10.2 Å². The van der Waals surface area contributed by atoms with E-state index in [0.29, 0.717) is 6.54 Å². The van der Waals surface area contributed by atoms with Gasteiger partial charge in [-0.3, -0.25) is 5.32 Å². The number of rotatable bonds is 6. The van der Waals surface area contributed by atoms with E-state index in [4.69, 9.17) is 0 Å². The van der Waals surface area contributed by atoms with Crippen molar-refractivity contribution in [3.05, 3.63) is 24.3 Å². The molecule has 0 heterocycles. The predicted octanol–water partition coefficient (Wildman–Crippen LogP) is 0.609. The van der Waals surface area contributed by atoms with Gasteiger partial charge in [0, 0.05) is 6.54 Å². The van der Waals surface area contributed by atoms with Crippen molar-refractivity contribution in [2.24, 2.45) is 0 Å². The monoisotopic (exact) mass is 225 g/mol. The number of allylic oxidation sites excluding steroid dienone is 2. The van der Waals surface area contributed by atoms with Crippen LogP contribution in [0.1, 0.15) is 27.7 Å². The van der Waals surface area contributed by atoms with Crippen molar-refractivity contribution in [2.45, 2.75) is 44.8 Å². The summed E-state index contributed by atoms with van der Waals surface area (Å²) in [6, 6.07) is 0. The van der Waals surface area contributed by atoms with E-state index in [1.807, 2.05) is 40.8 Å². The maximum Gasteiger partial charge on any atom is 0.132 e. The molecule has 0 saturated heterocycles. The van der Waals surface area contributed by atoms with Crippen molar-refractivity contribution in [3.63, 3.8) is 0 Å². The Hall–Kier alpha value is -0.575. The first-order chi connectivity index (χ1) is 7.25. The lowest BCUT2D eigenvalue weighted by Crippen LogP contribution is -2.46. The second-order valence-electron chi connectivity index (χ2n) is 4.87. The van der Waals surface area contributed by atoms with Gasteiger partial charge in [0.15, 0.2) is 0 Å². The predicted molar refractivity (Wildman–Crippen MR) is 71.2 cm³/mol. The molecule has 0 aliphatic rings. The molecule has 3 nitrogen and oxygen atoms in total. The maximum absolute atomic E-state index is 9.99. The highest BCUT2D eigenvalue weighted by atomic mass is 16.3. The molecule has 0 aromatic carbocycles. The molecule has 0 rings (SSSR count). The normalized spacial score (nSPS) is 22.1. The third-order valence-electron chi connectivity index (χ3n) is 2.60. The molecule has 3 unspecified atom stereocenters. The molecule has 3 N–H and O–H groups in total. The largest absolute Gasteiger partial charge is 0.392 e. The summed E-state index contributed by atoms with van der Waals surface area (Å²) in [6.07, 6.45) is 6.77. The molecule has 0 bridgehead atoms. The molecule has 0 saturated carbocycles. The van der Waals surface area contributed by atoms with Gasteiger partial charge in [0.25, 0.3) is 0 Å². The van der Waals surface area contributed by atoms with Crippen molar-refractivity contribution in [1.29, 1.82) is 0 Å². The number of nitrogens with one attached hydrogen (secondary N) is 1. The fraction of sp³-hybridized carbons (Fsp3) is 0.667. The summed E-state index contributed by atoms with van der Waals surface area (Å²) in [5, 5.41) is 22.4. The molecular weight excluding hydrogens is 201 g/mol. The molecule has 0 aliphatic carbocycles. The van der Waals surface area contributed by atoms with E-state index in [-0.39, 0.29) is 5.31 Å². The van der Waals surface area contributed by atoms with Gasteiger partial charge in [-0.05, 0) is 32.2 Å². The Bertz CT molecular complexity index is 260. The number of hydrogen-bond acceptors (Lipinski definition) is 3. The molecule has 0 aromatic heterocycles. The van der Waals surface area contributed by atoms with Crippen molar-refractivity contribution in [3.8, 4) is 0 Å². The van der Waals surface area contributed by atoms with Gasteiger partial charge in [0.2, 0.25) is 0 Å². The Morgan fingerprint density at radius 1 is 1.25 bits per heavy atom. The summed E-state index contributed by atoms with van der Waals surface area (Å²) in [6.45, 7) is 7.73. The minimum atomic E-state index is -1.07. The van der Waals surface area contributed by atoms with Gasteiger partial charge in [-0.2, -0.15) is 0 Å². The van der Waals surface area contributed by atoms with Crippen LogP contribution in [-0.2, 0) is 0 Å².